The summed E-state index contributed by atoms with van der Waals surface area (Å²) < 4.78 is 4.87. The second-order valence-electron chi connectivity index (χ2n) is 8.32. The average Bonchev–Trinajstić information content (AvgIpc) is 2.76. The van der Waals surface area contributed by atoms with Crippen LogP contribution in [0.1, 0.15) is 50.2 Å². The molecule has 1 unspecified atom stereocenters. The van der Waals surface area contributed by atoms with E-state index in [1.54, 1.807) is 0 Å². The molecule has 6 heteroatoms. The number of likely N-dealkylation sites (tertiary alicyclic amines) is 2. The van der Waals surface area contributed by atoms with Gasteiger partial charge in [0.15, 0.2) is 5.96 Å². The number of hydrogen-bond acceptors (Lipinski definition) is 4. The fourth-order valence-electron chi connectivity index (χ4n) is 4.40. The number of nitrogens with one attached hydrogen (secondary N) is 1. The molecule has 3 rings (SSSR count). The van der Waals surface area contributed by atoms with Crippen molar-refractivity contribution in [3.8, 4) is 0 Å². The smallest absolute Gasteiger partial charge is 0.308 e. The maximum absolute atomic E-state index is 11.7. The SMILES string of the molecule is CN=C(NCc1ccc(CN2CCCCC2C)cc1)N1CCC(C(=O)OC)CC1. The number of carbonyl (C=O) groups is 1. The summed E-state index contributed by atoms with van der Waals surface area (Å²) in [7, 11) is 3.28. The molecule has 6 nitrogen and oxygen atoms in total. The van der Waals surface area contributed by atoms with E-state index in [0.717, 1.165) is 45.0 Å². The minimum Gasteiger partial charge on any atom is -0.469 e. The minimum atomic E-state index is -0.0911. The van der Waals surface area contributed by atoms with Crippen LogP contribution in [-0.2, 0) is 22.6 Å². The van der Waals surface area contributed by atoms with Crippen LogP contribution >= 0.6 is 0 Å². The van der Waals surface area contributed by atoms with Crippen LogP contribution in [0.4, 0.5) is 0 Å². The van der Waals surface area contributed by atoms with Gasteiger partial charge in [-0.25, -0.2) is 0 Å². The number of piperidine rings is 2. The third-order valence-electron chi connectivity index (χ3n) is 6.34. The Labute approximate surface area is 175 Å². The molecule has 0 spiro atoms. The van der Waals surface area contributed by atoms with Crippen LogP contribution in [-0.4, -0.2) is 61.6 Å². The molecular weight excluding hydrogens is 364 g/mol. The quantitative estimate of drug-likeness (QED) is 0.468. The number of nitrogens with zero attached hydrogens (tertiary/aromatic N) is 3. The van der Waals surface area contributed by atoms with Crippen LogP contribution in [0.5, 0.6) is 0 Å². The lowest BCUT2D eigenvalue weighted by Gasteiger charge is -2.33. The van der Waals surface area contributed by atoms with E-state index < -0.39 is 0 Å². The number of benzene rings is 1. The lowest BCUT2D eigenvalue weighted by Crippen LogP contribution is -2.46. The summed E-state index contributed by atoms with van der Waals surface area (Å²) in [6.07, 6.45) is 5.64. The van der Waals surface area contributed by atoms with Crippen molar-refractivity contribution in [1.82, 2.24) is 15.1 Å². The lowest BCUT2D eigenvalue weighted by molar-refractivity contribution is -0.146. The number of hydrogen-bond donors (Lipinski definition) is 1. The van der Waals surface area contributed by atoms with Crippen molar-refractivity contribution in [2.75, 3.05) is 33.8 Å². The van der Waals surface area contributed by atoms with Crippen molar-refractivity contribution < 1.29 is 9.53 Å². The highest BCUT2D eigenvalue weighted by Crippen LogP contribution is 2.20. The molecule has 0 aliphatic carbocycles. The molecule has 2 aliphatic rings. The van der Waals surface area contributed by atoms with Gasteiger partial charge in [0.2, 0.25) is 0 Å². The van der Waals surface area contributed by atoms with E-state index in [0.29, 0.717) is 6.04 Å². The molecule has 0 amide bonds. The van der Waals surface area contributed by atoms with Crippen molar-refractivity contribution >= 4 is 11.9 Å². The fourth-order valence-corrected chi connectivity index (χ4v) is 4.40. The van der Waals surface area contributed by atoms with Crippen molar-refractivity contribution in [3.05, 3.63) is 35.4 Å². The molecule has 1 aromatic rings. The summed E-state index contributed by atoms with van der Waals surface area (Å²) in [6.45, 7) is 7.01. The van der Waals surface area contributed by atoms with Crippen molar-refractivity contribution in [2.24, 2.45) is 10.9 Å². The second kappa shape index (κ2) is 10.6. The summed E-state index contributed by atoms with van der Waals surface area (Å²) in [6, 6.07) is 9.63. The van der Waals surface area contributed by atoms with Crippen molar-refractivity contribution in [2.45, 2.75) is 58.2 Å². The van der Waals surface area contributed by atoms with Gasteiger partial charge in [-0.3, -0.25) is 14.7 Å². The highest BCUT2D eigenvalue weighted by atomic mass is 16.5. The number of guanidine groups is 1. The van der Waals surface area contributed by atoms with Crippen LogP contribution in [0.25, 0.3) is 0 Å². The number of aliphatic imine (C=N–C) groups is 1. The first-order chi connectivity index (χ1) is 14.1. The first-order valence-electron chi connectivity index (χ1n) is 11.0. The Kier molecular flexibility index (Phi) is 7.92. The van der Waals surface area contributed by atoms with Gasteiger partial charge in [-0.1, -0.05) is 30.7 Å². The van der Waals surface area contributed by atoms with Crippen LogP contribution in [0.2, 0.25) is 0 Å². The molecule has 2 fully saturated rings. The van der Waals surface area contributed by atoms with E-state index in [2.05, 4.69) is 51.3 Å². The zero-order chi connectivity index (χ0) is 20.6. The number of esters is 1. The lowest BCUT2D eigenvalue weighted by atomic mass is 9.97. The topological polar surface area (TPSA) is 57.2 Å². The number of rotatable bonds is 5. The maximum atomic E-state index is 11.7. The molecule has 0 radical (unpaired) electrons. The Morgan fingerprint density at radius 1 is 1.10 bits per heavy atom. The fraction of sp³-hybridized carbons (Fsp3) is 0.652. The van der Waals surface area contributed by atoms with E-state index in [1.165, 1.54) is 44.0 Å². The number of ether oxygens (including phenoxy) is 1. The highest BCUT2D eigenvalue weighted by molar-refractivity contribution is 5.80. The van der Waals surface area contributed by atoms with Crippen LogP contribution < -0.4 is 5.32 Å². The predicted octanol–water partition coefficient (Wildman–Crippen LogP) is 3.02. The van der Waals surface area contributed by atoms with Gasteiger partial charge in [0.1, 0.15) is 0 Å². The van der Waals surface area contributed by atoms with E-state index in [9.17, 15) is 4.79 Å². The standard InChI is InChI=1S/C23H36N4O2/c1-18-6-4-5-13-27(18)17-20-9-7-19(8-10-20)16-25-23(24-2)26-14-11-21(12-15-26)22(28)29-3/h7-10,18,21H,4-6,11-17H2,1-3H3,(H,24,25). The molecule has 0 bridgehead atoms. The molecule has 1 aromatic carbocycles. The van der Waals surface area contributed by atoms with E-state index in [4.69, 9.17) is 4.74 Å². The molecule has 1 atom stereocenters. The average molecular weight is 401 g/mol. The normalized spacial score (nSPS) is 21.8. The van der Waals surface area contributed by atoms with Gasteiger partial charge in [-0.15, -0.1) is 0 Å². The predicted molar refractivity (Wildman–Crippen MR) is 117 cm³/mol. The summed E-state index contributed by atoms with van der Waals surface area (Å²) in [5.41, 5.74) is 2.64. The summed E-state index contributed by atoms with van der Waals surface area (Å²) >= 11 is 0. The van der Waals surface area contributed by atoms with Gasteiger partial charge >= 0.3 is 5.97 Å². The van der Waals surface area contributed by atoms with Gasteiger partial charge in [0, 0.05) is 39.3 Å². The van der Waals surface area contributed by atoms with Gasteiger partial charge in [-0.2, -0.15) is 0 Å². The van der Waals surface area contributed by atoms with Crippen LogP contribution in [0, 0.1) is 5.92 Å². The Bertz CT molecular complexity index is 681. The molecule has 160 valence electrons. The van der Waals surface area contributed by atoms with Crippen molar-refractivity contribution in [1.29, 1.82) is 0 Å². The Morgan fingerprint density at radius 2 is 1.79 bits per heavy atom. The zero-order valence-corrected chi connectivity index (χ0v) is 18.2. The monoisotopic (exact) mass is 400 g/mol. The summed E-state index contributed by atoms with van der Waals surface area (Å²) in [5.74, 6) is 0.829. The third-order valence-corrected chi connectivity index (χ3v) is 6.34. The molecule has 2 heterocycles. The van der Waals surface area contributed by atoms with Gasteiger partial charge in [-0.05, 0) is 50.3 Å². The van der Waals surface area contributed by atoms with Crippen LogP contribution in [0.15, 0.2) is 29.3 Å². The Morgan fingerprint density at radius 3 is 2.41 bits per heavy atom. The van der Waals surface area contributed by atoms with E-state index in [1.807, 2.05) is 7.05 Å². The highest BCUT2D eigenvalue weighted by Gasteiger charge is 2.26. The molecule has 0 aromatic heterocycles. The van der Waals surface area contributed by atoms with Gasteiger partial charge in [0.25, 0.3) is 0 Å². The Hall–Kier alpha value is -2.08. The molecule has 1 N–H and O–H groups in total. The van der Waals surface area contributed by atoms with Gasteiger partial charge < -0.3 is 15.0 Å². The largest absolute Gasteiger partial charge is 0.469 e. The van der Waals surface area contributed by atoms with E-state index in [-0.39, 0.29) is 11.9 Å². The van der Waals surface area contributed by atoms with Gasteiger partial charge in [0.05, 0.1) is 13.0 Å². The number of methoxy groups -OCH3 is 1. The Balaban J connectivity index is 1.47. The second-order valence-corrected chi connectivity index (χ2v) is 8.32. The van der Waals surface area contributed by atoms with E-state index >= 15 is 0 Å². The van der Waals surface area contributed by atoms with Crippen LogP contribution in [0.3, 0.4) is 0 Å². The molecule has 2 saturated heterocycles. The molecule has 2 aliphatic heterocycles. The first-order valence-corrected chi connectivity index (χ1v) is 11.0. The third kappa shape index (κ3) is 5.95. The van der Waals surface area contributed by atoms with Crippen molar-refractivity contribution in [3.63, 3.8) is 0 Å². The molecule has 29 heavy (non-hydrogen) atoms. The molecule has 0 saturated carbocycles. The summed E-state index contributed by atoms with van der Waals surface area (Å²) in [5, 5.41) is 3.47. The minimum absolute atomic E-state index is 0.0181. The zero-order valence-electron chi connectivity index (χ0n) is 18.2. The first kappa shape index (κ1) is 21.6. The molecular formula is C23H36N4O2. The maximum Gasteiger partial charge on any atom is 0.308 e. The summed E-state index contributed by atoms with van der Waals surface area (Å²) in [4.78, 5) is 21.0. The number of carbonyl (C=O) groups excluding carboxylic acids is 1.